The van der Waals surface area contributed by atoms with Gasteiger partial charge in [0.1, 0.15) is 6.10 Å². The number of morpholine rings is 1. The van der Waals surface area contributed by atoms with E-state index in [9.17, 15) is 0 Å². The smallest absolute Gasteiger partial charge is 0.297 e. The molecule has 25 heavy (non-hydrogen) atoms. The molecule has 0 radical (unpaired) electrons. The Morgan fingerprint density at radius 2 is 2.20 bits per heavy atom. The summed E-state index contributed by atoms with van der Waals surface area (Å²) in [5, 5.41) is 8.50. The van der Waals surface area contributed by atoms with Gasteiger partial charge in [0, 0.05) is 24.5 Å². The van der Waals surface area contributed by atoms with Gasteiger partial charge in [0.2, 0.25) is 11.6 Å². The maximum absolute atomic E-state index is 5.98. The standard InChI is InChI=1S/C16H19N7O2/c1-10-5-6-17-16-19-14(20-23(10)16)15-18-13(21-25-15)12-8-22-7-3-2-4-11(22)9-24-12/h5-6,11-12H,2-4,7-9H2,1H3. The van der Waals surface area contributed by atoms with E-state index in [1.807, 2.05) is 13.0 Å². The first-order chi connectivity index (χ1) is 12.3. The van der Waals surface area contributed by atoms with Crippen LogP contribution in [0.1, 0.15) is 36.9 Å². The second-order valence-electron chi connectivity index (χ2n) is 6.66. The van der Waals surface area contributed by atoms with Crippen LogP contribution in [0.5, 0.6) is 0 Å². The summed E-state index contributed by atoms with van der Waals surface area (Å²) in [5.74, 6) is 1.75. The molecule has 130 valence electrons. The van der Waals surface area contributed by atoms with Crippen molar-refractivity contribution in [3.05, 3.63) is 23.8 Å². The van der Waals surface area contributed by atoms with Crippen molar-refractivity contribution in [1.82, 2.24) is 34.6 Å². The molecule has 2 aliphatic heterocycles. The highest BCUT2D eigenvalue weighted by atomic mass is 16.5. The van der Waals surface area contributed by atoms with Crippen molar-refractivity contribution in [2.24, 2.45) is 0 Å². The van der Waals surface area contributed by atoms with Crippen LogP contribution < -0.4 is 0 Å². The quantitative estimate of drug-likeness (QED) is 0.690. The van der Waals surface area contributed by atoms with Gasteiger partial charge in [-0.1, -0.05) is 11.6 Å². The third-order valence-corrected chi connectivity index (χ3v) is 4.99. The molecule has 0 bridgehead atoms. The Kier molecular flexibility index (Phi) is 3.49. The Hall–Kier alpha value is -2.39. The van der Waals surface area contributed by atoms with Crippen molar-refractivity contribution in [3.63, 3.8) is 0 Å². The summed E-state index contributed by atoms with van der Waals surface area (Å²) in [5.41, 5.74) is 0.940. The average Bonchev–Trinajstić information content (AvgIpc) is 3.29. The van der Waals surface area contributed by atoms with Gasteiger partial charge in [-0.3, -0.25) is 4.90 Å². The summed E-state index contributed by atoms with van der Waals surface area (Å²) in [6, 6.07) is 2.40. The van der Waals surface area contributed by atoms with Crippen LogP contribution in [0.25, 0.3) is 17.5 Å². The van der Waals surface area contributed by atoms with Crippen molar-refractivity contribution >= 4 is 5.78 Å². The molecule has 2 atom stereocenters. The minimum absolute atomic E-state index is 0.163. The molecule has 2 unspecified atom stereocenters. The van der Waals surface area contributed by atoms with Crippen molar-refractivity contribution in [2.75, 3.05) is 19.7 Å². The Morgan fingerprint density at radius 1 is 1.24 bits per heavy atom. The fourth-order valence-electron chi connectivity index (χ4n) is 3.59. The Morgan fingerprint density at radius 3 is 3.12 bits per heavy atom. The van der Waals surface area contributed by atoms with Crippen LogP contribution >= 0.6 is 0 Å². The van der Waals surface area contributed by atoms with Gasteiger partial charge < -0.3 is 9.26 Å². The first kappa shape index (κ1) is 14.9. The monoisotopic (exact) mass is 341 g/mol. The van der Waals surface area contributed by atoms with Gasteiger partial charge in [-0.15, -0.1) is 5.10 Å². The number of nitrogens with zero attached hydrogens (tertiary/aromatic N) is 7. The highest BCUT2D eigenvalue weighted by molar-refractivity contribution is 5.45. The van der Waals surface area contributed by atoms with E-state index in [1.165, 1.54) is 19.3 Å². The van der Waals surface area contributed by atoms with Gasteiger partial charge in [0.15, 0.2) is 0 Å². The van der Waals surface area contributed by atoms with Gasteiger partial charge in [-0.2, -0.15) is 9.97 Å². The summed E-state index contributed by atoms with van der Waals surface area (Å²) in [6.07, 6.45) is 5.28. The highest BCUT2D eigenvalue weighted by Gasteiger charge is 2.34. The third-order valence-electron chi connectivity index (χ3n) is 4.99. The van der Waals surface area contributed by atoms with E-state index in [-0.39, 0.29) is 6.10 Å². The number of rotatable bonds is 2. The molecule has 0 spiro atoms. The van der Waals surface area contributed by atoms with Gasteiger partial charge in [-0.25, -0.2) is 9.50 Å². The fourth-order valence-corrected chi connectivity index (χ4v) is 3.59. The normalized spacial score (nSPS) is 24.5. The van der Waals surface area contributed by atoms with Crippen molar-refractivity contribution in [2.45, 2.75) is 38.3 Å². The van der Waals surface area contributed by atoms with Crippen LogP contribution in [0.2, 0.25) is 0 Å². The second kappa shape index (κ2) is 5.85. The number of hydrogen-bond acceptors (Lipinski definition) is 8. The Balaban J connectivity index is 1.40. The molecule has 2 aliphatic rings. The average molecular weight is 341 g/mol. The molecule has 9 heteroatoms. The summed E-state index contributed by atoms with van der Waals surface area (Å²) in [4.78, 5) is 15.5. The van der Waals surface area contributed by atoms with E-state index >= 15 is 0 Å². The number of ether oxygens (including phenoxy) is 1. The van der Waals surface area contributed by atoms with Gasteiger partial charge in [0.25, 0.3) is 11.7 Å². The van der Waals surface area contributed by atoms with Crippen LogP contribution in [-0.4, -0.2) is 60.4 Å². The van der Waals surface area contributed by atoms with E-state index in [1.54, 1.807) is 10.7 Å². The summed E-state index contributed by atoms with van der Waals surface area (Å²) >= 11 is 0. The number of fused-ring (bicyclic) bond motifs is 2. The molecule has 0 amide bonds. The largest absolute Gasteiger partial charge is 0.367 e. The zero-order chi connectivity index (χ0) is 16.8. The molecule has 5 heterocycles. The predicted molar refractivity (Wildman–Crippen MR) is 86.7 cm³/mol. The Labute approximate surface area is 144 Å². The van der Waals surface area contributed by atoms with Gasteiger partial charge in [0.05, 0.1) is 6.61 Å². The van der Waals surface area contributed by atoms with Crippen molar-refractivity contribution < 1.29 is 9.26 Å². The second-order valence-corrected chi connectivity index (χ2v) is 6.66. The number of piperidine rings is 1. The van der Waals surface area contributed by atoms with Crippen LogP contribution in [0.4, 0.5) is 0 Å². The zero-order valence-electron chi connectivity index (χ0n) is 14.0. The zero-order valence-corrected chi connectivity index (χ0v) is 14.0. The van der Waals surface area contributed by atoms with E-state index in [0.29, 0.717) is 29.4 Å². The maximum Gasteiger partial charge on any atom is 0.297 e. The van der Waals surface area contributed by atoms with E-state index < -0.39 is 0 Å². The highest BCUT2D eigenvalue weighted by Crippen LogP contribution is 2.29. The molecule has 2 fully saturated rings. The van der Waals surface area contributed by atoms with Crippen molar-refractivity contribution in [3.8, 4) is 11.7 Å². The summed E-state index contributed by atoms with van der Waals surface area (Å²) in [6.45, 7) is 4.60. The van der Waals surface area contributed by atoms with Crippen LogP contribution in [0, 0.1) is 6.92 Å². The van der Waals surface area contributed by atoms with E-state index in [2.05, 4.69) is 30.1 Å². The van der Waals surface area contributed by atoms with Gasteiger partial charge >= 0.3 is 0 Å². The maximum atomic E-state index is 5.98. The lowest BCUT2D eigenvalue weighted by atomic mass is 10.0. The van der Waals surface area contributed by atoms with Gasteiger partial charge in [-0.05, 0) is 32.4 Å². The number of hydrogen-bond donors (Lipinski definition) is 0. The first-order valence-corrected chi connectivity index (χ1v) is 8.66. The number of aryl methyl sites for hydroxylation is 1. The third kappa shape index (κ3) is 2.59. The molecule has 0 N–H and O–H groups in total. The molecular formula is C16H19N7O2. The minimum Gasteiger partial charge on any atom is -0.367 e. The molecule has 3 aromatic heterocycles. The topological polar surface area (TPSA) is 94.5 Å². The SMILES string of the molecule is Cc1ccnc2nc(-c3nc(C4CN5CCCCC5CO4)no3)nn12. The molecule has 9 nitrogen and oxygen atoms in total. The summed E-state index contributed by atoms with van der Waals surface area (Å²) in [7, 11) is 0. The number of aromatic nitrogens is 6. The summed E-state index contributed by atoms with van der Waals surface area (Å²) < 4.78 is 13.0. The minimum atomic E-state index is -0.163. The Bertz CT molecular complexity index is 905. The molecular weight excluding hydrogens is 322 g/mol. The fraction of sp³-hybridized carbons (Fsp3) is 0.562. The molecule has 2 saturated heterocycles. The van der Waals surface area contributed by atoms with E-state index in [4.69, 9.17) is 9.26 Å². The lowest BCUT2D eigenvalue weighted by molar-refractivity contribution is -0.0805. The molecule has 0 aromatic carbocycles. The molecule has 5 rings (SSSR count). The van der Waals surface area contributed by atoms with Crippen LogP contribution in [-0.2, 0) is 4.74 Å². The lowest BCUT2D eigenvalue weighted by Crippen LogP contribution is -2.49. The van der Waals surface area contributed by atoms with E-state index in [0.717, 1.165) is 25.4 Å². The first-order valence-electron chi connectivity index (χ1n) is 8.66. The predicted octanol–water partition coefficient (Wildman–Crippen LogP) is 1.41. The van der Waals surface area contributed by atoms with Crippen LogP contribution in [0.15, 0.2) is 16.8 Å². The molecule has 3 aromatic rings. The van der Waals surface area contributed by atoms with Crippen molar-refractivity contribution in [1.29, 1.82) is 0 Å². The van der Waals surface area contributed by atoms with Crippen LogP contribution in [0.3, 0.4) is 0 Å². The molecule has 0 aliphatic carbocycles. The molecule has 0 saturated carbocycles. The lowest BCUT2D eigenvalue weighted by Gasteiger charge is -2.41.